The molecule has 0 aromatic carbocycles. The van der Waals surface area contributed by atoms with Crippen LogP contribution in [0.4, 0.5) is 0 Å². The van der Waals surface area contributed by atoms with E-state index in [1.807, 2.05) is 6.92 Å². The molecule has 0 saturated carbocycles. The van der Waals surface area contributed by atoms with E-state index in [9.17, 15) is 19.2 Å². The zero-order valence-electron chi connectivity index (χ0n) is 16.7. The summed E-state index contributed by atoms with van der Waals surface area (Å²) in [6.45, 7) is 12.1. The first-order valence-electron chi connectivity index (χ1n) is 8.82. The lowest BCUT2D eigenvalue weighted by molar-refractivity contribution is -0.148. The Morgan fingerprint density at radius 3 is 2.12 bits per heavy atom. The smallest absolute Gasteiger partial charge is 0.330 e. The largest absolute Gasteiger partial charge is 0.464 e. The van der Waals surface area contributed by atoms with Crippen molar-refractivity contribution in [1.29, 1.82) is 0 Å². The second-order valence-electron chi connectivity index (χ2n) is 6.80. The molecule has 0 radical (unpaired) electrons. The quantitative estimate of drug-likeness (QED) is 0.452. The number of esters is 2. The Morgan fingerprint density at radius 2 is 1.65 bits per heavy atom. The highest BCUT2D eigenvalue weighted by molar-refractivity contribution is 8.14. The molecule has 7 nitrogen and oxygen atoms in total. The Bertz CT molecular complexity index is 518. The Labute approximate surface area is 159 Å². The van der Waals surface area contributed by atoms with Crippen LogP contribution in [-0.4, -0.2) is 46.5 Å². The van der Waals surface area contributed by atoms with Crippen LogP contribution in [0.25, 0.3) is 0 Å². The van der Waals surface area contributed by atoms with E-state index in [0.29, 0.717) is 6.42 Å². The van der Waals surface area contributed by atoms with Crippen molar-refractivity contribution in [3.63, 3.8) is 0 Å². The molecule has 0 aromatic rings. The number of rotatable bonds is 10. The molecule has 1 amide bonds. The van der Waals surface area contributed by atoms with E-state index in [2.05, 4.69) is 5.32 Å². The second kappa shape index (κ2) is 11.2. The van der Waals surface area contributed by atoms with Gasteiger partial charge >= 0.3 is 11.9 Å². The summed E-state index contributed by atoms with van der Waals surface area (Å²) in [5, 5.41) is 2.24. The fraction of sp³-hybridized carbons (Fsp3) is 0.778. The van der Waals surface area contributed by atoms with Gasteiger partial charge in [0.05, 0.1) is 12.7 Å². The molecule has 0 aliphatic rings. The molecule has 26 heavy (non-hydrogen) atoms. The van der Waals surface area contributed by atoms with Crippen molar-refractivity contribution in [3.8, 4) is 0 Å². The van der Waals surface area contributed by atoms with Crippen molar-refractivity contribution in [1.82, 2.24) is 5.32 Å². The van der Waals surface area contributed by atoms with Gasteiger partial charge < -0.3 is 14.8 Å². The minimum absolute atomic E-state index is 0.157. The average Bonchev–Trinajstić information content (AvgIpc) is 2.49. The summed E-state index contributed by atoms with van der Waals surface area (Å²) in [6.07, 6.45) is -0.0915. The zero-order valence-corrected chi connectivity index (χ0v) is 17.5. The normalized spacial score (nSPS) is 13.7. The van der Waals surface area contributed by atoms with Crippen LogP contribution in [0.3, 0.4) is 0 Å². The number of hydrogen-bond donors (Lipinski definition) is 1. The molecule has 0 spiro atoms. The van der Waals surface area contributed by atoms with Crippen LogP contribution >= 0.6 is 11.8 Å². The third-order valence-corrected chi connectivity index (χ3v) is 4.73. The van der Waals surface area contributed by atoms with Gasteiger partial charge in [-0.1, -0.05) is 25.6 Å². The first-order valence-corrected chi connectivity index (χ1v) is 9.64. The molecule has 0 saturated heterocycles. The molecule has 0 rings (SSSR count). The van der Waals surface area contributed by atoms with Gasteiger partial charge in [0.1, 0.15) is 12.5 Å². The molecule has 0 fully saturated rings. The topological polar surface area (TPSA) is 98.8 Å². The number of hydrogen-bond acceptors (Lipinski definition) is 7. The fourth-order valence-electron chi connectivity index (χ4n) is 2.02. The standard InChI is InChI=1S/C18H31NO6S/c1-8-12(5)16(22)19-15(17(23)24-9-2)18(6,7)26-14(21)10-13(20)25-11(3)4/h11-12,15H,8-10H2,1-7H3,(H,19,22). The van der Waals surface area contributed by atoms with Crippen LogP contribution in [0.5, 0.6) is 0 Å². The van der Waals surface area contributed by atoms with Crippen molar-refractivity contribution < 1.29 is 28.7 Å². The summed E-state index contributed by atoms with van der Waals surface area (Å²) in [4.78, 5) is 48.4. The summed E-state index contributed by atoms with van der Waals surface area (Å²) in [6, 6.07) is -1.01. The van der Waals surface area contributed by atoms with Crippen LogP contribution in [0, 0.1) is 5.92 Å². The highest BCUT2D eigenvalue weighted by Crippen LogP contribution is 2.31. The molecule has 0 heterocycles. The van der Waals surface area contributed by atoms with E-state index in [1.165, 1.54) is 0 Å². The maximum absolute atomic E-state index is 12.3. The van der Waals surface area contributed by atoms with Gasteiger partial charge in [0.15, 0.2) is 0 Å². The van der Waals surface area contributed by atoms with Gasteiger partial charge in [-0.15, -0.1) is 0 Å². The summed E-state index contributed by atoms with van der Waals surface area (Å²) >= 11 is 0.826. The predicted octanol–water partition coefficient (Wildman–Crippen LogP) is 2.46. The van der Waals surface area contributed by atoms with Crippen molar-refractivity contribution in [2.45, 2.75) is 78.2 Å². The highest BCUT2D eigenvalue weighted by Gasteiger charge is 2.40. The molecular formula is C18H31NO6S. The predicted molar refractivity (Wildman–Crippen MR) is 101 cm³/mol. The van der Waals surface area contributed by atoms with Gasteiger partial charge in [-0.2, -0.15) is 0 Å². The van der Waals surface area contributed by atoms with Crippen molar-refractivity contribution in [2.24, 2.45) is 5.92 Å². The number of nitrogens with one attached hydrogen (secondary N) is 1. The van der Waals surface area contributed by atoms with Crippen molar-refractivity contribution in [3.05, 3.63) is 0 Å². The number of ether oxygens (including phenoxy) is 2. The van der Waals surface area contributed by atoms with Crippen LogP contribution in [0.1, 0.15) is 61.3 Å². The van der Waals surface area contributed by atoms with Gasteiger partial charge in [0, 0.05) is 10.7 Å². The third kappa shape index (κ3) is 8.69. The monoisotopic (exact) mass is 389 g/mol. The van der Waals surface area contributed by atoms with E-state index < -0.39 is 34.3 Å². The van der Waals surface area contributed by atoms with E-state index in [1.54, 1.807) is 41.5 Å². The molecule has 2 unspecified atom stereocenters. The van der Waals surface area contributed by atoms with Crippen molar-refractivity contribution in [2.75, 3.05) is 6.61 Å². The minimum Gasteiger partial charge on any atom is -0.464 e. The summed E-state index contributed by atoms with van der Waals surface area (Å²) in [7, 11) is 0. The van der Waals surface area contributed by atoms with E-state index in [4.69, 9.17) is 9.47 Å². The lowest BCUT2D eigenvalue weighted by atomic mass is 10.0. The zero-order chi connectivity index (χ0) is 20.5. The summed E-state index contributed by atoms with van der Waals surface area (Å²) in [5.41, 5.74) is 0. The number of carbonyl (C=O) groups excluding carboxylic acids is 4. The maximum atomic E-state index is 12.3. The van der Waals surface area contributed by atoms with Gasteiger partial charge in [-0.3, -0.25) is 14.4 Å². The fourth-order valence-corrected chi connectivity index (χ4v) is 3.07. The Hall–Kier alpha value is -1.57. The molecule has 0 aromatic heterocycles. The van der Waals surface area contributed by atoms with Gasteiger partial charge in [-0.05, 0) is 41.0 Å². The Morgan fingerprint density at radius 1 is 1.08 bits per heavy atom. The third-order valence-electron chi connectivity index (χ3n) is 3.60. The average molecular weight is 390 g/mol. The molecule has 8 heteroatoms. The lowest BCUT2D eigenvalue weighted by Gasteiger charge is -2.32. The second-order valence-corrected chi connectivity index (χ2v) is 8.51. The van der Waals surface area contributed by atoms with Gasteiger partial charge in [0.25, 0.3) is 0 Å². The molecular weight excluding hydrogens is 358 g/mol. The van der Waals surface area contributed by atoms with E-state index in [0.717, 1.165) is 11.8 Å². The molecule has 1 N–H and O–H groups in total. The number of carbonyl (C=O) groups is 4. The van der Waals surface area contributed by atoms with E-state index >= 15 is 0 Å². The highest BCUT2D eigenvalue weighted by atomic mass is 32.2. The molecule has 150 valence electrons. The lowest BCUT2D eigenvalue weighted by Crippen LogP contribution is -2.54. The van der Waals surface area contributed by atoms with Crippen molar-refractivity contribution >= 4 is 34.7 Å². The van der Waals surface area contributed by atoms with E-state index in [-0.39, 0.29) is 24.5 Å². The Kier molecular flexibility index (Phi) is 10.5. The maximum Gasteiger partial charge on any atom is 0.330 e. The van der Waals surface area contributed by atoms with Crippen LogP contribution in [0.2, 0.25) is 0 Å². The van der Waals surface area contributed by atoms with Crippen LogP contribution in [-0.2, 0) is 28.7 Å². The first kappa shape index (κ1) is 24.4. The summed E-state index contributed by atoms with van der Waals surface area (Å²) in [5.74, 6) is -1.79. The number of amides is 1. The number of thioether (sulfide) groups is 1. The minimum atomic E-state index is -1.01. The van der Waals surface area contributed by atoms with Gasteiger partial charge in [0.2, 0.25) is 11.0 Å². The van der Waals surface area contributed by atoms with Crippen LogP contribution < -0.4 is 5.32 Å². The summed E-state index contributed by atoms with van der Waals surface area (Å²) < 4.78 is 9.01. The molecule has 0 aliphatic heterocycles. The first-order chi connectivity index (χ1) is 11.9. The molecule has 2 atom stereocenters. The Balaban J connectivity index is 5.18. The molecule has 0 aliphatic carbocycles. The molecule has 0 bridgehead atoms. The SMILES string of the molecule is CCOC(=O)C(NC(=O)C(C)CC)C(C)(C)SC(=O)CC(=O)OC(C)C. The van der Waals surface area contributed by atoms with Crippen LogP contribution in [0.15, 0.2) is 0 Å². The van der Waals surface area contributed by atoms with Gasteiger partial charge in [-0.25, -0.2) is 4.79 Å².